The standard InChI is InChI=1S/C14H19NO.C2H6/c1-2-12-6-8-13(9-7-12)11-15-10-4-3-5-14(15)16;1-2/h6-9H,2-5,10-11H2,1H3;1-2H3. The van der Waals surface area contributed by atoms with Crippen molar-refractivity contribution in [1.29, 1.82) is 0 Å². The molecule has 1 aliphatic heterocycles. The van der Waals surface area contributed by atoms with Crippen molar-refractivity contribution in [2.45, 2.75) is 53.0 Å². The fraction of sp³-hybridized carbons (Fsp3) is 0.562. The fourth-order valence-electron chi connectivity index (χ4n) is 2.13. The van der Waals surface area contributed by atoms with Crippen LogP contribution in [0, 0.1) is 0 Å². The van der Waals surface area contributed by atoms with Crippen LogP contribution in [0.5, 0.6) is 0 Å². The topological polar surface area (TPSA) is 20.3 Å². The molecule has 0 bridgehead atoms. The number of rotatable bonds is 3. The van der Waals surface area contributed by atoms with Crippen molar-refractivity contribution in [3.05, 3.63) is 35.4 Å². The first-order chi connectivity index (χ1) is 8.79. The second-order valence-electron chi connectivity index (χ2n) is 4.44. The van der Waals surface area contributed by atoms with Crippen LogP contribution in [0.3, 0.4) is 0 Å². The summed E-state index contributed by atoms with van der Waals surface area (Å²) in [6.45, 7) is 7.86. The van der Waals surface area contributed by atoms with E-state index in [-0.39, 0.29) is 0 Å². The Bertz CT molecular complexity index is 356. The van der Waals surface area contributed by atoms with E-state index in [0.29, 0.717) is 5.91 Å². The highest BCUT2D eigenvalue weighted by Gasteiger charge is 2.17. The highest BCUT2D eigenvalue weighted by Crippen LogP contribution is 2.14. The van der Waals surface area contributed by atoms with Crippen LogP contribution in [0.1, 0.15) is 51.2 Å². The molecule has 18 heavy (non-hydrogen) atoms. The summed E-state index contributed by atoms with van der Waals surface area (Å²) in [5.74, 6) is 0.311. The molecule has 1 aromatic rings. The molecule has 2 nitrogen and oxygen atoms in total. The van der Waals surface area contributed by atoms with Crippen molar-refractivity contribution in [3.8, 4) is 0 Å². The van der Waals surface area contributed by atoms with Crippen LogP contribution in [0.4, 0.5) is 0 Å². The van der Waals surface area contributed by atoms with E-state index in [2.05, 4.69) is 31.2 Å². The van der Waals surface area contributed by atoms with Gasteiger partial charge >= 0.3 is 0 Å². The fourth-order valence-corrected chi connectivity index (χ4v) is 2.13. The number of amides is 1. The number of likely N-dealkylation sites (tertiary alicyclic amines) is 1. The molecule has 1 fully saturated rings. The Morgan fingerprint density at radius 2 is 1.67 bits per heavy atom. The Morgan fingerprint density at radius 3 is 2.22 bits per heavy atom. The van der Waals surface area contributed by atoms with Crippen molar-refractivity contribution in [1.82, 2.24) is 4.90 Å². The molecule has 1 aromatic carbocycles. The third-order valence-electron chi connectivity index (χ3n) is 3.23. The Balaban J connectivity index is 0.000000771. The van der Waals surface area contributed by atoms with Gasteiger partial charge in [-0.2, -0.15) is 0 Å². The second-order valence-corrected chi connectivity index (χ2v) is 4.44. The molecule has 0 unspecified atom stereocenters. The van der Waals surface area contributed by atoms with Crippen LogP contribution in [0.2, 0.25) is 0 Å². The van der Waals surface area contributed by atoms with Crippen molar-refractivity contribution in [3.63, 3.8) is 0 Å². The van der Waals surface area contributed by atoms with Gasteiger partial charge in [0.05, 0.1) is 0 Å². The first-order valence-corrected chi connectivity index (χ1v) is 7.15. The van der Waals surface area contributed by atoms with Crippen LogP contribution >= 0.6 is 0 Å². The van der Waals surface area contributed by atoms with Gasteiger partial charge in [-0.3, -0.25) is 4.79 Å². The summed E-state index contributed by atoms with van der Waals surface area (Å²) in [7, 11) is 0. The van der Waals surface area contributed by atoms with Crippen molar-refractivity contribution in [2.24, 2.45) is 0 Å². The monoisotopic (exact) mass is 247 g/mol. The summed E-state index contributed by atoms with van der Waals surface area (Å²) >= 11 is 0. The number of benzene rings is 1. The van der Waals surface area contributed by atoms with E-state index in [1.807, 2.05) is 18.7 Å². The van der Waals surface area contributed by atoms with Gasteiger partial charge in [-0.15, -0.1) is 0 Å². The molecule has 2 rings (SSSR count). The largest absolute Gasteiger partial charge is 0.338 e. The second kappa shape index (κ2) is 7.91. The summed E-state index contributed by atoms with van der Waals surface area (Å²) < 4.78 is 0. The summed E-state index contributed by atoms with van der Waals surface area (Å²) in [4.78, 5) is 13.6. The van der Waals surface area contributed by atoms with Crippen LogP contribution in [0.15, 0.2) is 24.3 Å². The quantitative estimate of drug-likeness (QED) is 0.796. The molecule has 0 spiro atoms. The maximum absolute atomic E-state index is 11.6. The summed E-state index contributed by atoms with van der Waals surface area (Å²) in [6.07, 6.45) is 4.01. The molecular formula is C16H25NO. The van der Waals surface area contributed by atoms with Gasteiger partial charge in [0, 0.05) is 19.5 Å². The maximum atomic E-state index is 11.6. The van der Waals surface area contributed by atoms with Gasteiger partial charge in [0.15, 0.2) is 0 Å². The first kappa shape index (κ1) is 14.7. The van der Waals surface area contributed by atoms with Crippen molar-refractivity contribution in [2.75, 3.05) is 6.54 Å². The van der Waals surface area contributed by atoms with Crippen molar-refractivity contribution >= 4 is 5.91 Å². The third-order valence-corrected chi connectivity index (χ3v) is 3.23. The van der Waals surface area contributed by atoms with Crippen LogP contribution in [-0.2, 0) is 17.8 Å². The van der Waals surface area contributed by atoms with Crippen LogP contribution in [0.25, 0.3) is 0 Å². The van der Waals surface area contributed by atoms with Crippen molar-refractivity contribution < 1.29 is 4.79 Å². The number of hydrogen-bond donors (Lipinski definition) is 0. The Kier molecular flexibility index (Phi) is 6.48. The first-order valence-electron chi connectivity index (χ1n) is 7.15. The molecule has 2 heteroatoms. The highest BCUT2D eigenvalue weighted by atomic mass is 16.2. The Morgan fingerprint density at radius 1 is 1.06 bits per heavy atom. The minimum Gasteiger partial charge on any atom is -0.338 e. The predicted molar refractivity (Wildman–Crippen MR) is 76.4 cm³/mol. The molecule has 1 saturated heterocycles. The van der Waals surface area contributed by atoms with E-state index in [4.69, 9.17) is 0 Å². The van der Waals surface area contributed by atoms with E-state index in [1.54, 1.807) is 0 Å². The minimum atomic E-state index is 0.311. The lowest BCUT2D eigenvalue weighted by molar-refractivity contribution is -0.133. The van der Waals surface area contributed by atoms with Gasteiger partial charge < -0.3 is 4.90 Å². The SMILES string of the molecule is CC.CCc1ccc(CN2CCCCC2=O)cc1. The van der Waals surface area contributed by atoms with E-state index in [1.165, 1.54) is 11.1 Å². The zero-order valence-corrected chi connectivity index (χ0v) is 11.9. The van der Waals surface area contributed by atoms with Gasteiger partial charge in [0.25, 0.3) is 0 Å². The third kappa shape index (κ3) is 4.17. The van der Waals surface area contributed by atoms with Crippen LogP contribution in [-0.4, -0.2) is 17.4 Å². The van der Waals surface area contributed by atoms with Crippen LogP contribution < -0.4 is 0 Å². The molecule has 0 N–H and O–H groups in total. The predicted octanol–water partition coefficient (Wildman–Crippen LogP) is 3.79. The Labute approximate surface area is 111 Å². The van der Waals surface area contributed by atoms with E-state index < -0.39 is 0 Å². The van der Waals surface area contributed by atoms with E-state index >= 15 is 0 Å². The zero-order valence-electron chi connectivity index (χ0n) is 11.9. The van der Waals surface area contributed by atoms with Gasteiger partial charge in [-0.05, 0) is 30.4 Å². The molecular weight excluding hydrogens is 222 g/mol. The van der Waals surface area contributed by atoms with Gasteiger partial charge in [-0.25, -0.2) is 0 Å². The Hall–Kier alpha value is -1.31. The summed E-state index contributed by atoms with van der Waals surface area (Å²) in [5, 5.41) is 0. The minimum absolute atomic E-state index is 0.311. The lowest BCUT2D eigenvalue weighted by Crippen LogP contribution is -2.34. The molecule has 0 aromatic heterocycles. The molecule has 1 amide bonds. The number of carbonyl (C=O) groups is 1. The van der Waals surface area contributed by atoms with E-state index in [9.17, 15) is 4.79 Å². The number of hydrogen-bond acceptors (Lipinski definition) is 1. The molecule has 0 atom stereocenters. The van der Waals surface area contributed by atoms with Gasteiger partial charge in [-0.1, -0.05) is 45.0 Å². The van der Waals surface area contributed by atoms with Gasteiger partial charge in [0.2, 0.25) is 5.91 Å². The number of carbonyl (C=O) groups excluding carboxylic acids is 1. The average Bonchev–Trinajstić information content (AvgIpc) is 2.44. The molecule has 0 radical (unpaired) electrons. The lowest BCUT2D eigenvalue weighted by atomic mass is 10.1. The highest BCUT2D eigenvalue weighted by molar-refractivity contribution is 5.76. The number of aryl methyl sites for hydroxylation is 1. The maximum Gasteiger partial charge on any atom is 0.222 e. The number of nitrogens with zero attached hydrogens (tertiary/aromatic N) is 1. The smallest absolute Gasteiger partial charge is 0.222 e. The average molecular weight is 247 g/mol. The zero-order chi connectivity index (χ0) is 13.4. The number of piperidine rings is 1. The molecule has 0 aliphatic carbocycles. The normalized spacial score (nSPS) is 15.1. The molecule has 1 heterocycles. The van der Waals surface area contributed by atoms with E-state index in [0.717, 1.165) is 38.8 Å². The summed E-state index contributed by atoms with van der Waals surface area (Å²) in [5.41, 5.74) is 2.60. The lowest BCUT2D eigenvalue weighted by Gasteiger charge is -2.26. The van der Waals surface area contributed by atoms with Gasteiger partial charge in [0.1, 0.15) is 0 Å². The molecule has 1 aliphatic rings. The molecule has 0 saturated carbocycles. The molecule has 100 valence electrons. The summed E-state index contributed by atoms with van der Waals surface area (Å²) in [6, 6.07) is 8.59.